The highest BCUT2D eigenvalue weighted by atomic mass is 32.2. The molecule has 0 N–H and O–H groups in total. The second-order valence-electron chi connectivity index (χ2n) is 5.34. The van der Waals surface area contributed by atoms with Crippen LogP contribution >= 0.6 is 0 Å². The number of alkyl halides is 3. The van der Waals surface area contributed by atoms with Crippen LogP contribution < -0.4 is 0 Å². The van der Waals surface area contributed by atoms with E-state index in [0.717, 1.165) is 4.31 Å². The third-order valence-corrected chi connectivity index (χ3v) is 5.78. The molecule has 0 spiro atoms. The number of nitrogens with zero attached hydrogens (tertiary/aromatic N) is 1. The second kappa shape index (κ2) is 6.67. The minimum Gasteiger partial charge on any atom is -0.469 e. The van der Waals surface area contributed by atoms with Gasteiger partial charge in [0.2, 0.25) is 10.0 Å². The topological polar surface area (TPSA) is 63.7 Å². The zero-order chi connectivity index (χ0) is 18.1. The van der Waals surface area contributed by atoms with Crippen molar-refractivity contribution in [3.8, 4) is 0 Å². The molecule has 0 saturated carbocycles. The predicted octanol–water partition coefficient (Wildman–Crippen LogP) is 2.42. The first-order valence-electron chi connectivity index (χ1n) is 7.02. The molecule has 0 aliphatic carbocycles. The van der Waals surface area contributed by atoms with E-state index in [1.165, 1.54) is 7.11 Å². The lowest BCUT2D eigenvalue weighted by Gasteiger charge is -2.30. The Labute approximate surface area is 136 Å². The van der Waals surface area contributed by atoms with Gasteiger partial charge < -0.3 is 4.74 Å². The Balaban J connectivity index is 2.27. The van der Waals surface area contributed by atoms with E-state index in [0.29, 0.717) is 12.1 Å². The van der Waals surface area contributed by atoms with Gasteiger partial charge in [-0.15, -0.1) is 0 Å². The van der Waals surface area contributed by atoms with E-state index in [9.17, 15) is 30.8 Å². The van der Waals surface area contributed by atoms with Crippen molar-refractivity contribution in [3.05, 3.63) is 29.6 Å². The summed E-state index contributed by atoms with van der Waals surface area (Å²) >= 11 is 0. The number of halogens is 4. The molecule has 0 bridgehead atoms. The maximum Gasteiger partial charge on any atom is 0.416 e. The van der Waals surface area contributed by atoms with Crippen LogP contribution in [0.15, 0.2) is 23.1 Å². The van der Waals surface area contributed by atoms with Crippen LogP contribution in [0.25, 0.3) is 0 Å². The summed E-state index contributed by atoms with van der Waals surface area (Å²) < 4.78 is 82.3. The number of ether oxygens (including phenoxy) is 1. The first kappa shape index (κ1) is 18.7. The van der Waals surface area contributed by atoms with Crippen LogP contribution in [0.1, 0.15) is 18.4 Å². The van der Waals surface area contributed by atoms with Crippen molar-refractivity contribution in [1.82, 2.24) is 4.31 Å². The lowest BCUT2D eigenvalue weighted by atomic mass is 9.99. The van der Waals surface area contributed by atoms with Gasteiger partial charge in [-0.2, -0.15) is 17.5 Å². The highest BCUT2D eigenvalue weighted by Gasteiger charge is 2.37. The van der Waals surface area contributed by atoms with Crippen molar-refractivity contribution in [1.29, 1.82) is 0 Å². The van der Waals surface area contributed by atoms with Gasteiger partial charge in [0.1, 0.15) is 10.7 Å². The lowest BCUT2D eigenvalue weighted by Crippen LogP contribution is -2.40. The van der Waals surface area contributed by atoms with E-state index in [2.05, 4.69) is 4.74 Å². The minimum absolute atomic E-state index is 0.0994. The molecule has 1 aromatic carbocycles. The number of sulfonamides is 1. The highest BCUT2D eigenvalue weighted by molar-refractivity contribution is 7.89. The van der Waals surface area contributed by atoms with Crippen molar-refractivity contribution in [2.45, 2.75) is 23.9 Å². The molecule has 0 radical (unpaired) electrons. The molecule has 5 nitrogen and oxygen atoms in total. The fraction of sp³-hybridized carbons (Fsp3) is 0.500. The van der Waals surface area contributed by atoms with Gasteiger partial charge in [0.05, 0.1) is 18.6 Å². The van der Waals surface area contributed by atoms with Crippen molar-refractivity contribution in [2.75, 3.05) is 20.2 Å². The van der Waals surface area contributed by atoms with Gasteiger partial charge in [-0.25, -0.2) is 12.8 Å². The molecule has 0 unspecified atom stereocenters. The summed E-state index contributed by atoms with van der Waals surface area (Å²) in [4.78, 5) is 10.4. The molecule has 1 aliphatic rings. The molecule has 0 aromatic heterocycles. The average molecular weight is 369 g/mol. The van der Waals surface area contributed by atoms with Gasteiger partial charge in [0, 0.05) is 13.1 Å². The first-order chi connectivity index (χ1) is 11.1. The number of esters is 1. The van der Waals surface area contributed by atoms with Crippen LogP contribution in [-0.4, -0.2) is 38.9 Å². The quantitative estimate of drug-likeness (QED) is 0.606. The van der Waals surface area contributed by atoms with Gasteiger partial charge in [0.15, 0.2) is 0 Å². The van der Waals surface area contributed by atoms with Gasteiger partial charge in [-0.05, 0) is 31.0 Å². The summed E-state index contributed by atoms with van der Waals surface area (Å²) in [5, 5.41) is 0. The molecule has 1 aromatic rings. The number of benzene rings is 1. The van der Waals surface area contributed by atoms with Crippen molar-refractivity contribution in [3.63, 3.8) is 0 Å². The second-order valence-corrected chi connectivity index (χ2v) is 7.25. The van der Waals surface area contributed by atoms with Crippen molar-refractivity contribution >= 4 is 16.0 Å². The normalized spacial score (nSPS) is 17.7. The number of hydrogen-bond donors (Lipinski definition) is 0. The number of rotatable bonds is 3. The Morgan fingerprint density at radius 1 is 1.25 bits per heavy atom. The smallest absolute Gasteiger partial charge is 0.416 e. The lowest BCUT2D eigenvalue weighted by molar-refractivity contribution is -0.146. The van der Waals surface area contributed by atoms with E-state index < -0.39 is 44.4 Å². The third kappa shape index (κ3) is 3.69. The Morgan fingerprint density at radius 2 is 1.83 bits per heavy atom. The van der Waals surface area contributed by atoms with Crippen LogP contribution in [0.3, 0.4) is 0 Å². The minimum atomic E-state index is -4.78. The fourth-order valence-corrected chi connectivity index (χ4v) is 4.08. The SMILES string of the molecule is COC(=O)C1CCN(S(=O)(=O)c2cc(C(F)(F)F)ccc2F)CC1. The average Bonchev–Trinajstić information content (AvgIpc) is 2.53. The number of carbonyl (C=O) groups is 1. The largest absolute Gasteiger partial charge is 0.469 e. The van der Waals surface area contributed by atoms with Crippen LogP contribution in [0, 0.1) is 11.7 Å². The zero-order valence-corrected chi connectivity index (χ0v) is 13.5. The molecule has 2 rings (SSSR count). The van der Waals surface area contributed by atoms with E-state index in [4.69, 9.17) is 0 Å². The van der Waals surface area contributed by atoms with Gasteiger partial charge in [-0.3, -0.25) is 4.79 Å². The highest BCUT2D eigenvalue weighted by Crippen LogP contribution is 2.33. The number of carbonyl (C=O) groups excluding carboxylic acids is 1. The van der Waals surface area contributed by atoms with Gasteiger partial charge in [0.25, 0.3) is 0 Å². The van der Waals surface area contributed by atoms with Gasteiger partial charge in [-0.1, -0.05) is 0 Å². The molecule has 10 heteroatoms. The fourth-order valence-electron chi connectivity index (χ4n) is 2.51. The third-order valence-electron chi connectivity index (χ3n) is 3.86. The maximum absolute atomic E-state index is 13.8. The molecular weight excluding hydrogens is 354 g/mol. The summed E-state index contributed by atoms with van der Waals surface area (Å²) in [6.45, 7) is -0.199. The molecule has 134 valence electrons. The van der Waals surface area contributed by atoms with Gasteiger partial charge >= 0.3 is 12.1 Å². The van der Waals surface area contributed by atoms with Crippen molar-refractivity contribution in [2.24, 2.45) is 5.92 Å². The molecule has 0 atom stereocenters. The molecular formula is C14H15F4NO4S. The Hall–Kier alpha value is -1.68. The van der Waals surface area contributed by atoms with Crippen molar-refractivity contribution < 1.29 is 35.5 Å². The van der Waals surface area contributed by atoms with E-state index >= 15 is 0 Å². The zero-order valence-electron chi connectivity index (χ0n) is 12.6. The standard InChI is InChI=1S/C14H15F4NO4S/c1-23-13(20)9-4-6-19(7-5-9)24(21,22)12-8-10(14(16,17)18)2-3-11(12)15/h2-3,8-9H,4-7H2,1H3. The summed E-state index contributed by atoms with van der Waals surface area (Å²) in [6, 6.07) is 1.26. The maximum atomic E-state index is 13.8. The molecule has 24 heavy (non-hydrogen) atoms. The van der Waals surface area contributed by atoms with E-state index in [1.807, 2.05) is 0 Å². The number of hydrogen-bond acceptors (Lipinski definition) is 4. The van der Waals surface area contributed by atoms with Crippen LogP contribution in [0.5, 0.6) is 0 Å². The Morgan fingerprint density at radius 3 is 2.33 bits per heavy atom. The van der Waals surface area contributed by atoms with E-state index in [1.54, 1.807) is 0 Å². The molecule has 1 aliphatic heterocycles. The number of methoxy groups -OCH3 is 1. The summed E-state index contributed by atoms with van der Waals surface area (Å²) in [6.07, 6.45) is -4.46. The Kier molecular flexibility index (Phi) is 5.19. The molecule has 0 amide bonds. The summed E-state index contributed by atoms with van der Waals surface area (Å²) in [7, 11) is -3.21. The predicted molar refractivity (Wildman–Crippen MR) is 74.9 cm³/mol. The monoisotopic (exact) mass is 369 g/mol. The molecule has 1 saturated heterocycles. The van der Waals surface area contributed by atoms with Crippen LogP contribution in [0.2, 0.25) is 0 Å². The first-order valence-corrected chi connectivity index (χ1v) is 8.46. The summed E-state index contributed by atoms with van der Waals surface area (Å²) in [5.74, 6) is -2.21. The number of piperidine rings is 1. The Bertz CT molecular complexity index is 725. The van der Waals surface area contributed by atoms with Crippen LogP contribution in [-0.2, 0) is 25.7 Å². The molecule has 1 heterocycles. The molecule has 1 fully saturated rings. The van der Waals surface area contributed by atoms with Crippen LogP contribution in [0.4, 0.5) is 17.6 Å². The summed E-state index contributed by atoms with van der Waals surface area (Å²) in [5.41, 5.74) is -1.24. The van der Waals surface area contributed by atoms with E-state index in [-0.39, 0.29) is 32.0 Å².